The van der Waals surface area contributed by atoms with Gasteiger partial charge in [-0.1, -0.05) is 11.6 Å². The quantitative estimate of drug-likeness (QED) is 0.725. The highest BCUT2D eigenvalue weighted by Crippen LogP contribution is 2.31. The molecule has 0 saturated heterocycles. The molecule has 0 aliphatic rings. The van der Waals surface area contributed by atoms with Crippen LogP contribution in [0.15, 0.2) is 50.6 Å². The van der Waals surface area contributed by atoms with Gasteiger partial charge in [0.05, 0.1) is 5.02 Å². The number of benzene rings is 1. The Balaban J connectivity index is 2.26. The van der Waals surface area contributed by atoms with Crippen molar-refractivity contribution in [3.63, 3.8) is 0 Å². The lowest BCUT2D eigenvalue weighted by Gasteiger charge is -2.06. The maximum absolute atomic E-state index is 12.1. The average Bonchev–Trinajstić information content (AvgIpc) is 2.51. The van der Waals surface area contributed by atoms with Gasteiger partial charge in [0.2, 0.25) is 5.75 Å². The molecule has 0 spiro atoms. The Morgan fingerprint density at radius 2 is 2.00 bits per heavy atom. The van der Waals surface area contributed by atoms with Crippen LogP contribution in [0.2, 0.25) is 5.02 Å². The van der Waals surface area contributed by atoms with E-state index in [0.29, 0.717) is 10.6 Å². The molecule has 0 saturated carbocycles. The second-order valence-corrected chi connectivity index (χ2v) is 5.65. The zero-order valence-corrected chi connectivity index (χ0v) is 12.5. The lowest BCUT2D eigenvalue weighted by atomic mass is 10.1. The molecule has 0 amide bonds. The Labute approximate surface area is 129 Å². The van der Waals surface area contributed by atoms with Crippen LogP contribution in [-0.4, -0.2) is 16.3 Å². The van der Waals surface area contributed by atoms with Gasteiger partial charge < -0.3 is 9.52 Å². The van der Waals surface area contributed by atoms with Crippen LogP contribution in [0, 0.1) is 0 Å². The predicted molar refractivity (Wildman–Crippen MR) is 84.2 cm³/mol. The summed E-state index contributed by atoms with van der Waals surface area (Å²) >= 11 is 7.46. The minimum absolute atomic E-state index is 0.0568. The summed E-state index contributed by atoms with van der Waals surface area (Å²) in [6, 6.07) is 8.85. The maximum atomic E-state index is 12.1. The monoisotopic (exact) mass is 319 g/mol. The molecule has 0 bridgehead atoms. The molecule has 0 radical (unpaired) electrons. The standard InChI is InChI=1S/C15H10ClNO3S/c1-21-10-4-2-8(3-5-10)15-14(19)13(18)12-11(20-15)6-9(16)7-17-12/h2-7,19H,1H3. The minimum atomic E-state index is -0.572. The maximum Gasteiger partial charge on any atom is 0.253 e. The van der Waals surface area contributed by atoms with E-state index < -0.39 is 11.2 Å². The Morgan fingerprint density at radius 3 is 2.67 bits per heavy atom. The van der Waals surface area contributed by atoms with Crippen molar-refractivity contribution < 1.29 is 9.52 Å². The van der Waals surface area contributed by atoms with E-state index in [9.17, 15) is 9.90 Å². The zero-order chi connectivity index (χ0) is 15.0. The van der Waals surface area contributed by atoms with Crippen molar-refractivity contribution >= 4 is 34.5 Å². The number of aromatic hydroxyl groups is 1. The van der Waals surface area contributed by atoms with Crippen LogP contribution in [0.4, 0.5) is 0 Å². The molecule has 1 N–H and O–H groups in total. The van der Waals surface area contributed by atoms with Gasteiger partial charge in [-0.2, -0.15) is 0 Å². The van der Waals surface area contributed by atoms with E-state index in [2.05, 4.69) is 4.98 Å². The largest absolute Gasteiger partial charge is 0.501 e. The summed E-state index contributed by atoms with van der Waals surface area (Å²) in [4.78, 5) is 17.1. The van der Waals surface area contributed by atoms with Crippen molar-refractivity contribution in [1.82, 2.24) is 4.98 Å². The van der Waals surface area contributed by atoms with Gasteiger partial charge in [-0.05, 0) is 30.5 Å². The van der Waals surface area contributed by atoms with Crippen molar-refractivity contribution in [2.45, 2.75) is 4.90 Å². The summed E-state index contributed by atoms with van der Waals surface area (Å²) in [5.74, 6) is -0.335. The smallest absolute Gasteiger partial charge is 0.253 e. The predicted octanol–water partition coefficient (Wildman–Crippen LogP) is 3.94. The number of pyridine rings is 1. The molecule has 2 heterocycles. The van der Waals surface area contributed by atoms with Crippen LogP contribution in [0.25, 0.3) is 22.4 Å². The Kier molecular flexibility index (Phi) is 3.61. The molecule has 0 unspecified atom stereocenters. The van der Waals surface area contributed by atoms with E-state index >= 15 is 0 Å². The second kappa shape index (κ2) is 5.42. The fourth-order valence-corrected chi connectivity index (χ4v) is 2.54. The number of thioether (sulfide) groups is 1. The van der Waals surface area contributed by atoms with E-state index in [0.717, 1.165) is 4.90 Å². The van der Waals surface area contributed by atoms with Gasteiger partial charge in [0.15, 0.2) is 16.9 Å². The first kappa shape index (κ1) is 14.0. The number of hydrogen-bond donors (Lipinski definition) is 1. The van der Waals surface area contributed by atoms with Gasteiger partial charge in [0, 0.05) is 22.7 Å². The zero-order valence-electron chi connectivity index (χ0n) is 11.0. The minimum Gasteiger partial charge on any atom is -0.501 e. The second-order valence-electron chi connectivity index (χ2n) is 4.34. The highest BCUT2D eigenvalue weighted by Gasteiger charge is 2.16. The van der Waals surface area contributed by atoms with E-state index in [1.165, 1.54) is 12.3 Å². The lowest BCUT2D eigenvalue weighted by molar-refractivity contribution is 0.448. The van der Waals surface area contributed by atoms with Gasteiger partial charge in [-0.15, -0.1) is 11.8 Å². The molecule has 106 valence electrons. The fraction of sp³-hybridized carbons (Fsp3) is 0.0667. The number of fused-ring (bicyclic) bond motifs is 1. The van der Waals surface area contributed by atoms with Gasteiger partial charge in [-0.3, -0.25) is 4.79 Å². The average molecular weight is 320 g/mol. The first-order chi connectivity index (χ1) is 10.1. The number of rotatable bonds is 2. The van der Waals surface area contributed by atoms with Crippen LogP contribution >= 0.6 is 23.4 Å². The molecular formula is C15H10ClNO3S. The third kappa shape index (κ3) is 2.50. The molecular weight excluding hydrogens is 310 g/mol. The summed E-state index contributed by atoms with van der Waals surface area (Å²) in [6.07, 6.45) is 3.31. The number of aromatic nitrogens is 1. The molecule has 6 heteroatoms. The SMILES string of the molecule is CSc1ccc(-c2oc3cc(Cl)cnc3c(=O)c2O)cc1. The molecule has 0 aliphatic carbocycles. The summed E-state index contributed by atoms with van der Waals surface area (Å²) in [5, 5.41) is 10.4. The van der Waals surface area contributed by atoms with Crippen molar-refractivity contribution in [1.29, 1.82) is 0 Å². The number of nitrogens with zero attached hydrogens (tertiary/aromatic N) is 1. The van der Waals surface area contributed by atoms with Crippen molar-refractivity contribution in [2.75, 3.05) is 6.26 Å². The molecule has 0 atom stereocenters. The topological polar surface area (TPSA) is 63.3 Å². The molecule has 3 rings (SSSR count). The summed E-state index contributed by atoms with van der Waals surface area (Å²) < 4.78 is 5.61. The summed E-state index contributed by atoms with van der Waals surface area (Å²) in [7, 11) is 0. The molecule has 21 heavy (non-hydrogen) atoms. The van der Waals surface area contributed by atoms with Gasteiger partial charge in [-0.25, -0.2) is 4.98 Å². The Bertz CT molecular complexity index is 874. The normalized spacial score (nSPS) is 11.0. The fourth-order valence-electron chi connectivity index (χ4n) is 1.98. The third-order valence-electron chi connectivity index (χ3n) is 3.03. The Morgan fingerprint density at radius 1 is 1.29 bits per heavy atom. The van der Waals surface area contributed by atoms with Crippen LogP contribution < -0.4 is 5.43 Å². The van der Waals surface area contributed by atoms with E-state index in [4.69, 9.17) is 16.0 Å². The van der Waals surface area contributed by atoms with Crippen molar-refractivity contribution in [3.8, 4) is 17.1 Å². The van der Waals surface area contributed by atoms with Crippen molar-refractivity contribution in [2.24, 2.45) is 0 Å². The first-order valence-electron chi connectivity index (χ1n) is 6.06. The molecule has 3 aromatic rings. The van der Waals surface area contributed by atoms with Crippen LogP contribution in [0.5, 0.6) is 5.75 Å². The summed E-state index contributed by atoms with van der Waals surface area (Å²) in [5.41, 5.74) is 0.344. The van der Waals surface area contributed by atoms with Gasteiger partial charge in [0.1, 0.15) is 0 Å². The van der Waals surface area contributed by atoms with Gasteiger partial charge >= 0.3 is 0 Å². The first-order valence-corrected chi connectivity index (χ1v) is 7.66. The van der Waals surface area contributed by atoms with Crippen LogP contribution in [0.1, 0.15) is 0 Å². The van der Waals surface area contributed by atoms with Gasteiger partial charge in [0.25, 0.3) is 5.43 Å². The van der Waals surface area contributed by atoms with E-state index in [1.807, 2.05) is 18.4 Å². The number of hydrogen-bond acceptors (Lipinski definition) is 5. The highest BCUT2D eigenvalue weighted by molar-refractivity contribution is 7.98. The molecule has 1 aromatic carbocycles. The van der Waals surface area contributed by atoms with Crippen LogP contribution in [-0.2, 0) is 0 Å². The molecule has 4 nitrogen and oxygen atoms in total. The molecule has 0 aliphatic heterocycles. The van der Waals surface area contributed by atoms with Crippen LogP contribution in [0.3, 0.4) is 0 Å². The third-order valence-corrected chi connectivity index (χ3v) is 3.98. The number of halogens is 1. The lowest BCUT2D eigenvalue weighted by Crippen LogP contribution is -2.04. The summed E-state index contributed by atoms with van der Waals surface area (Å²) in [6.45, 7) is 0. The van der Waals surface area contributed by atoms with Crippen molar-refractivity contribution in [3.05, 3.63) is 51.8 Å². The van der Waals surface area contributed by atoms with E-state index in [1.54, 1.807) is 23.9 Å². The molecule has 0 fully saturated rings. The Hall–Kier alpha value is -1.98. The highest BCUT2D eigenvalue weighted by atomic mass is 35.5. The molecule has 2 aromatic heterocycles. The van der Waals surface area contributed by atoms with E-state index in [-0.39, 0.29) is 16.9 Å².